The molecule has 0 amide bonds. The van der Waals surface area contributed by atoms with Gasteiger partial charge in [0, 0.05) is 12.0 Å². The Morgan fingerprint density at radius 3 is 1.83 bits per heavy atom. The molecule has 0 aliphatic carbocycles. The Morgan fingerprint density at radius 2 is 1.42 bits per heavy atom. The van der Waals surface area contributed by atoms with Crippen molar-refractivity contribution in [2.75, 3.05) is 13.2 Å². The Kier molecular flexibility index (Phi) is 8.16. The summed E-state index contributed by atoms with van der Waals surface area (Å²) in [5.41, 5.74) is 0.564. The molecule has 1 atom stereocenters. The van der Waals surface area contributed by atoms with Gasteiger partial charge in [0.1, 0.15) is 0 Å². The first-order chi connectivity index (χ1) is 11.4. The van der Waals surface area contributed by atoms with Gasteiger partial charge in [-0.1, -0.05) is 44.2 Å². The van der Waals surface area contributed by atoms with Crippen molar-refractivity contribution in [3.05, 3.63) is 35.9 Å². The number of esters is 2. The van der Waals surface area contributed by atoms with Crippen LogP contribution in [-0.4, -0.2) is 30.9 Å². The molecule has 0 spiro atoms. The van der Waals surface area contributed by atoms with E-state index in [9.17, 15) is 14.4 Å². The summed E-state index contributed by atoms with van der Waals surface area (Å²) in [4.78, 5) is 37.1. The summed E-state index contributed by atoms with van der Waals surface area (Å²) in [6, 6.07) is 8.85. The third kappa shape index (κ3) is 5.48. The predicted octanol–water partition coefficient (Wildman–Crippen LogP) is 3.27. The average Bonchev–Trinajstić information content (AvgIpc) is 2.55. The van der Waals surface area contributed by atoms with E-state index in [0.29, 0.717) is 5.56 Å². The van der Waals surface area contributed by atoms with Crippen molar-refractivity contribution >= 4 is 17.7 Å². The fourth-order valence-corrected chi connectivity index (χ4v) is 2.60. The molecular formula is C19H26O5. The minimum atomic E-state index is -1.09. The lowest BCUT2D eigenvalue weighted by Crippen LogP contribution is -2.38. The summed E-state index contributed by atoms with van der Waals surface area (Å²) in [5, 5.41) is 0. The molecule has 0 saturated carbocycles. The summed E-state index contributed by atoms with van der Waals surface area (Å²) in [5.74, 6) is -2.98. The van der Waals surface area contributed by atoms with Crippen molar-refractivity contribution in [2.24, 2.45) is 17.8 Å². The lowest BCUT2D eigenvalue weighted by Gasteiger charge is -2.26. The molecule has 5 nitrogen and oxygen atoms in total. The number of carbonyl (C=O) groups is 3. The molecule has 0 radical (unpaired) electrons. The molecule has 5 heteroatoms. The smallest absolute Gasteiger partial charge is 0.320 e. The highest BCUT2D eigenvalue weighted by atomic mass is 16.6. The number of benzene rings is 1. The molecule has 1 unspecified atom stereocenters. The summed E-state index contributed by atoms with van der Waals surface area (Å²) < 4.78 is 10.1. The van der Waals surface area contributed by atoms with Gasteiger partial charge >= 0.3 is 11.9 Å². The molecule has 1 aromatic rings. The van der Waals surface area contributed by atoms with Crippen molar-refractivity contribution in [2.45, 2.75) is 34.1 Å². The number of carbonyl (C=O) groups excluding carboxylic acids is 3. The van der Waals surface area contributed by atoms with E-state index in [4.69, 9.17) is 9.47 Å². The van der Waals surface area contributed by atoms with Gasteiger partial charge in [-0.2, -0.15) is 0 Å². The molecule has 1 rings (SSSR count). The molecule has 0 bridgehead atoms. The van der Waals surface area contributed by atoms with E-state index < -0.39 is 23.8 Å². The van der Waals surface area contributed by atoms with Crippen molar-refractivity contribution in [3.8, 4) is 0 Å². The third-order valence-corrected chi connectivity index (χ3v) is 3.88. The van der Waals surface area contributed by atoms with E-state index in [0.717, 1.165) is 0 Å². The van der Waals surface area contributed by atoms with Gasteiger partial charge in [-0.3, -0.25) is 14.4 Å². The number of Topliss-reactive ketones (excluding diaryl/α,β-unsaturated/α-hetero) is 1. The molecule has 0 aromatic heterocycles. The van der Waals surface area contributed by atoms with Gasteiger partial charge in [-0.25, -0.2) is 0 Å². The minimum absolute atomic E-state index is 0.0588. The van der Waals surface area contributed by atoms with E-state index in [1.54, 1.807) is 38.1 Å². The van der Waals surface area contributed by atoms with Crippen LogP contribution in [0.2, 0.25) is 0 Å². The lowest BCUT2D eigenvalue weighted by atomic mass is 9.79. The van der Waals surface area contributed by atoms with E-state index in [2.05, 4.69) is 0 Å². The maximum absolute atomic E-state index is 12.5. The lowest BCUT2D eigenvalue weighted by molar-refractivity contribution is -0.165. The highest BCUT2D eigenvalue weighted by molar-refractivity contribution is 5.99. The van der Waals surface area contributed by atoms with E-state index in [-0.39, 0.29) is 31.3 Å². The van der Waals surface area contributed by atoms with Crippen molar-refractivity contribution in [3.63, 3.8) is 0 Å². The molecule has 24 heavy (non-hydrogen) atoms. The molecule has 1 aromatic carbocycles. The highest BCUT2D eigenvalue weighted by Gasteiger charge is 2.40. The van der Waals surface area contributed by atoms with Gasteiger partial charge in [0.05, 0.1) is 13.2 Å². The Hall–Kier alpha value is -2.17. The largest absolute Gasteiger partial charge is 0.465 e. The number of hydrogen-bond acceptors (Lipinski definition) is 5. The fraction of sp³-hybridized carbons (Fsp3) is 0.526. The second-order valence-electron chi connectivity index (χ2n) is 5.88. The number of ketones is 1. The Balaban J connectivity index is 3.05. The minimum Gasteiger partial charge on any atom is -0.465 e. The standard InChI is InChI=1S/C19H26O5/c1-5-23-18(21)17(19(22)24-6-2)15(13(3)4)12-16(20)14-10-8-7-9-11-14/h7-11,13,15,17H,5-6,12H2,1-4H3. The zero-order valence-corrected chi connectivity index (χ0v) is 14.8. The first kappa shape index (κ1) is 19.9. The molecule has 0 saturated heterocycles. The van der Waals surface area contributed by atoms with Gasteiger partial charge in [0.2, 0.25) is 0 Å². The quantitative estimate of drug-likeness (QED) is 0.394. The van der Waals surface area contributed by atoms with Crippen LogP contribution < -0.4 is 0 Å². The summed E-state index contributed by atoms with van der Waals surface area (Å²) >= 11 is 0. The number of rotatable bonds is 9. The van der Waals surface area contributed by atoms with Gasteiger partial charge in [0.15, 0.2) is 11.7 Å². The Bertz CT molecular complexity index is 532. The summed E-state index contributed by atoms with van der Waals surface area (Å²) in [6.45, 7) is 7.47. The topological polar surface area (TPSA) is 69.7 Å². The van der Waals surface area contributed by atoms with E-state index in [1.165, 1.54) is 0 Å². The second-order valence-corrected chi connectivity index (χ2v) is 5.88. The maximum atomic E-state index is 12.5. The monoisotopic (exact) mass is 334 g/mol. The molecular weight excluding hydrogens is 308 g/mol. The van der Waals surface area contributed by atoms with Gasteiger partial charge in [-0.15, -0.1) is 0 Å². The van der Waals surface area contributed by atoms with Gasteiger partial charge in [0.25, 0.3) is 0 Å². The molecule has 0 aliphatic rings. The predicted molar refractivity (Wildman–Crippen MR) is 90.5 cm³/mol. The molecule has 0 N–H and O–H groups in total. The van der Waals surface area contributed by atoms with Crippen LogP contribution in [0, 0.1) is 17.8 Å². The Labute approximate surface area is 143 Å². The average molecular weight is 334 g/mol. The molecule has 0 fully saturated rings. The fourth-order valence-electron chi connectivity index (χ4n) is 2.60. The highest BCUT2D eigenvalue weighted by Crippen LogP contribution is 2.29. The zero-order chi connectivity index (χ0) is 18.1. The summed E-state index contributed by atoms with van der Waals surface area (Å²) in [7, 11) is 0. The van der Waals surface area contributed by atoms with Crippen molar-refractivity contribution in [1.82, 2.24) is 0 Å². The number of ether oxygens (including phenoxy) is 2. The van der Waals surface area contributed by atoms with Crippen LogP contribution in [0.4, 0.5) is 0 Å². The van der Waals surface area contributed by atoms with Crippen LogP contribution >= 0.6 is 0 Å². The summed E-state index contributed by atoms with van der Waals surface area (Å²) in [6.07, 6.45) is 0.0873. The van der Waals surface area contributed by atoms with Crippen LogP contribution in [0.25, 0.3) is 0 Å². The van der Waals surface area contributed by atoms with Crippen molar-refractivity contribution < 1.29 is 23.9 Å². The maximum Gasteiger partial charge on any atom is 0.320 e. The van der Waals surface area contributed by atoms with Crippen LogP contribution in [-0.2, 0) is 19.1 Å². The van der Waals surface area contributed by atoms with E-state index >= 15 is 0 Å². The van der Waals surface area contributed by atoms with Crippen LogP contribution in [0.5, 0.6) is 0 Å². The van der Waals surface area contributed by atoms with Crippen LogP contribution in [0.3, 0.4) is 0 Å². The van der Waals surface area contributed by atoms with E-state index in [1.807, 2.05) is 19.9 Å². The Morgan fingerprint density at radius 1 is 0.917 bits per heavy atom. The first-order valence-corrected chi connectivity index (χ1v) is 8.33. The normalized spacial score (nSPS) is 12.1. The number of hydrogen-bond donors (Lipinski definition) is 0. The third-order valence-electron chi connectivity index (χ3n) is 3.88. The second kappa shape index (κ2) is 9.85. The zero-order valence-electron chi connectivity index (χ0n) is 14.8. The molecule has 0 heterocycles. The van der Waals surface area contributed by atoms with Gasteiger partial charge in [-0.05, 0) is 25.7 Å². The van der Waals surface area contributed by atoms with Gasteiger partial charge < -0.3 is 9.47 Å². The SMILES string of the molecule is CCOC(=O)C(C(=O)OCC)C(CC(=O)c1ccccc1)C(C)C. The molecule has 0 aliphatic heterocycles. The van der Waals surface area contributed by atoms with Crippen molar-refractivity contribution in [1.29, 1.82) is 0 Å². The van der Waals surface area contributed by atoms with Crippen LogP contribution in [0.1, 0.15) is 44.5 Å². The molecule has 132 valence electrons. The van der Waals surface area contributed by atoms with Crippen LogP contribution in [0.15, 0.2) is 30.3 Å². The first-order valence-electron chi connectivity index (χ1n) is 8.33.